The molecule has 0 aliphatic heterocycles. The average Bonchev–Trinajstić information content (AvgIpc) is 3.40. The Morgan fingerprint density at radius 1 is 1.15 bits per heavy atom. The van der Waals surface area contributed by atoms with Crippen LogP contribution in [0.2, 0.25) is 0 Å². The van der Waals surface area contributed by atoms with E-state index in [1.54, 1.807) is 28.9 Å². The number of aryl methyl sites for hydroxylation is 1. The average molecular weight is 378 g/mol. The highest BCUT2D eigenvalue weighted by atomic mass is 32.1. The van der Waals surface area contributed by atoms with Gasteiger partial charge in [-0.05, 0) is 31.2 Å². The van der Waals surface area contributed by atoms with Gasteiger partial charge in [0, 0.05) is 23.6 Å². The van der Waals surface area contributed by atoms with Crippen LogP contribution in [0, 0.1) is 18.8 Å². The first kappa shape index (κ1) is 16.7. The van der Waals surface area contributed by atoms with E-state index in [1.165, 1.54) is 0 Å². The second kappa shape index (κ2) is 7.22. The molecule has 1 aromatic carbocycles. The monoisotopic (exact) mass is 378 g/mol. The van der Waals surface area contributed by atoms with E-state index < -0.39 is 0 Å². The van der Waals surface area contributed by atoms with Crippen molar-refractivity contribution in [3.05, 3.63) is 58.7 Å². The van der Waals surface area contributed by atoms with Crippen LogP contribution < -0.4 is 0 Å². The Labute approximate surface area is 158 Å². The normalized spacial score (nSPS) is 10.5. The highest BCUT2D eigenvalue weighted by Crippen LogP contribution is 2.30. The quantitative estimate of drug-likeness (QED) is 0.551. The van der Waals surface area contributed by atoms with E-state index in [-0.39, 0.29) is 6.61 Å². The SMILES string of the molecule is Cc1nnc(-c2cccc(-n3ccnc3-c3ccc(C#CCO)s3)c2)s1. The minimum Gasteiger partial charge on any atom is -0.384 e. The van der Waals surface area contributed by atoms with Gasteiger partial charge in [0.15, 0.2) is 5.82 Å². The molecular formula is C19H14N4OS2. The number of nitrogens with zero attached hydrogens (tertiary/aromatic N) is 4. The summed E-state index contributed by atoms with van der Waals surface area (Å²) in [6, 6.07) is 12.1. The van der Waals surface area contributed by atoms with Crippen molar-refractivity contribution < 1.29 is 5.11 Å². The first-order chi connectivity index (χ1) is 12.7. The van der Waals surface area contributed by atoms with Crippen molar-refractivity contribution in [2.24, 2.45) is 0 Å². The summed E-state index contributed by atoms with van der Waals surface area (Å²) in [5.41, 5.74) is 2.05. The molecule has 0 saturated carbocycles. The van der Waals surface area contributed by atoms with Gasteiger partial charge in [0.05, 0.1) is 9.75 Å². The summed E-state index contributed by atoms with van der Waals surface area (Å²) < 4.78 is 2.05. The molecule has 7 heteroatoms. The number of hydrogen-bond donors (Lipinski definition) is 1. The van der Waals surface area contributed by atoms with E-state index >= 15 is 0 Å². The lowest BCUT2D eigenvalue weighted by Crippen LogP contribution is -1.95. The molecule has 4 aromatic rings. The number of aliphatic hydroxyl groups is 1. The Hall–Kier alpha value is -2.79. The molecule has 128 valence electrons. The number of hydrogen-bond acceptors (Lipinski definition) is 6. The Balaban J connectivity index is 1.72. The molecule has 0 amide bonds. The first-order valence-electron chi connectivity index (χ1n) is 7.89. The third kappa shape index (κ3) is 3.30. The Morgan fingerprint density at radius 2 is 2.08 bits per heavy atom. The fraction of sp³-hybridized carbons (Fsp3) is 0.105. The minimum atomic E-state index is -0.139. The topological polar surface area (TPSA) is 63.8 Å². The van der Waals surface area contributed by atoms with Crippen LogP contribution in [0.5, 0.6) is 0 Å². The maximum absolute atomic E-state index is 8.84. The summed E-state index contributed by atoms with van der Waals surface area (Å²) in [6.07, 6.45) is 3.73. The number of imidazole rings is 1. The van der Waals surface area contributed by atoms with Crippen molar-refractivity contribution in [1.29, 1.82) is 0 Å². The van der Waals surface area contributed by atoms with Crippen molar-refractivity contribution in [1.82, 2.24) is 19.7 Å². The molecule has 0 bridgehead atoms. The predicted octanol–water partition coefficient (Wildman–Crippen LogP) is 3.77. The smallest absolute Gasteiger partial charge is 0.154 e. The van der Waals surface area contributed by atoms with E-state index in [0.717, 1.165) is 36.8 Å². The molecule has 0 saturated heterocycles. The zero-order chi connectivity index (χ0) is 17.9. The van der Waals surface area contributed by atoms with E-state index in [0.29, 0.717) is 0 Å². The third-order valence-electron chi connectivity index (χ3n) is 3.66. The van der Waals surface area contributed by atoms with E-state index in [4.69, 9.17) is 5.11 Å². The summed E-state index contributed by atoms with van der Waals surface area (Å²) >= 11 is 3.13. The fourth-order valence-electron chi connectivity index (χ4n) is 2.55. The molecule has 0 aliphatic rings. The van der Waals surface area contributed by atoms with Gasteiger partial charge in [-0.15, -0.1) is 21.5 Å². The molecule has 0 atom stereocenters. The lowest BCUT2D eigenvalue weighted by molar-refractivity contribution is 0.350. The van der Waals surface area contributed by atoms with Gasteiger partial charge in [-0.25, -0.2) is 4.98 Å². The van der Waals surface area contributed by atoms with Gasteiger partial charge in [-0.3, -0.25) is 4.57 Å². The van der Waals surface area contributed by atoms with Crippen LogP contribution in [0.3, 0.4) is 0 Å². The van der Waals surface area contributed by atoms with Gasteiger partial charge >= 0.3 is 0 Å². The Kier molecular flexibility index (Phi) is 4.63. The van der Waals surface area contributed by atoms with Gasteiger partial charge < -0.3 is 5.11 Å². The van der Waals surface area contributed by atoms with Gasteiger partial charge in [0.2, 0.25) is 0 Å². The number of rotatable bonds is 3. The van der Waals surface area contributed by atoms with Crippen molar-refractivity contribution >= 4 is 22.7 Å². The van der Waals surface area contributed by atoms with Crippen LogP contribution in [-0.4, -0.2) is 31.5 Å². The number of aliphatic hydroxyl groups excluding tert-OH is 1. The van der Waals surface area contributed by atoms with Crippen molar-refractivity contribution in [2.75, 3.05) is 6.61 Å². The number of aromatic nitrogens is 4. The fourth-order valence-corrected chi connectivity index (χ4v) is 4.11. The summed E-state index contributed by atoms with van der Waals surface area (Å²) in [5, 5.41) is 19.0. The molecule has 0 spiro atoms. The highest BCUT2D eigenvalue weighted by molar-refractivity contribution is 7.16. The summed E-state index contributed by atoms with van der Waals surface area (Å²) in [6.45, 7) is 1.81. The minimum absolute atomic E-state index is 0.139. The molecular weight excluding hydrogens is 364 g/mol. The molecule has 3 aromatic heterocycles. The summed E-state index contributed by atoms with van der Waals surface area (Å²) in [5.74, 6) is 6.47. The first-order valence-corrected chi connectivity index (χ1v) is 9.52. The largest absolute Gasteiger partial charge is 0.384 e. The van der Waals surface area contributed by atoms with E-state index in [2.05, 4.69) is 33.1 Å². The number of benzene rings is 1. The molecule has 0 radical (unpaired) electrons. The standard InChI is InChI=1S/C19H14N4OS2/c1-13-21-22-19(25-13)14-4-2-5-15(12-14)23-10-9-20-18(23)17-8-7-16(26-17)6-3-11-24/h2,4-5,7-10,12,24H,11H2,1H3. The maximum Gasteiger partial charge on any atom is 0.154 e. The summed E-state index contributed by atoms with van der Waals surface area (Å²) in [7, 11) is 0. The molecule has 1 N–H and O–H groups in total. The zero-order valence-corrected chi connectivity index (χ0v) is 15.5. The van der Waals surface area contributed by atoms with E-state index in [1.807, 2.05) is 48.0 Å². The van der Waals surface area contributed by atoms with Crippen molar-refractivity contribution in [2.45, 2.75) is 6.92 Å². The molecule has 5 nitrogen and oxygen atoms in total. The zero-order valence-electron chi connectivity index (χ0n) is 13.9. The molecule has 3 heterocycles. The van der Waals surface area contributed by atoms with Crippen LogP contribution >= 0.6 is 22.7 Å². The highest BCUT2D eigenvalue weighted by Gasteiger charge is 2.12. The molecule has 0 aliphatic carbocycles. The lowest BCUT2D eigenvalue weighted by atomic mass is 10.2. The Morgan fingerprint density at radius 3 is 2.88 bits per heavy atom. The second-order valence-electron chi connectivity index (χ2n) is 5.42. The summed E-state index contributed by atoms with van der Waals surface area (Å²) in [4.78, 5) is 6.44. The van der Waals surface area contributed by atoms with Crippen LogP contribution in [0.1, 0.15) is 9.88 Å². The van der Waals surface area contributed by atoms with Crippen molar-refractivity contribution in [3.8, 4) is 38.8 Å². The van der Waals surface area contributed by atoms with Crippen LogP contribution in [0.25, 0.3) is 27.0 Å². The van der Waals surface area contributed by atoms with Crippen LogP contribution in [0.15, 0.2) is 48.8 Å². The maximum atomic E-state index is 8.84. The van der Waals surface area contributed by atoms with E-state index in [9.17, 15) is 0 Å². The Bertz CT molecular complexity index is 1110. The van der Waals surface area contributed by atoms with Crippen molar-refractivity contribution in [3.63, 3.8) is 0 Å². The second-order valence-corrected chi connectivity index (χ2v) is 7.69. The molecule has 0 unspecified atom stereocenters. The van der Waals surface area contributed by atoms with Crippen LogP contribution in [-0.2, 0) is 0 Å². The van der Waals surface area contributed by atoms with Gasteiger partial charge in [-0.2, -0.15) is 0 Å². The third-order valence-corrected chi connectivity index (χ3v) is 5.54. The molecule has 26 heavy (non-hydrogen) atoms. The predicted molar refractivity (Wildman–Crippen MR) is 104 cm³/mol. The van der Waals surface area contributed by atoms with Gasteiger partial charge in [0.1, 0.15) is 16.6 Å². The van der Waals surface area contributed by atoms with Gasteiger partial charge in [0.25, 0.3) is 0 Å². The van der Waals surface area contributed by atoms with Gasteiger partial charge in [-0.1, -0.05) is 35.3 Å². The molecule has 4 rings (SSSR count). The molecule has 0 fully saturated rings. The lowest BCUT2D eigenvalue weighted by Gasteiger charge is -2.07. The number of thiophene rings is 1. The van der Waals surface area contributed by atoms with Crippen LogP contribution in [0.4, 0.5) is 0 Å².